The molecule has 2 aliphatic rings. The van der Waals surface area contributed by atoms with E-state index in [9.17, 15) is 8.78 Å². The predicted octanol–water partition coefficient (Wildman–Crippen LogP) is 4.51. The highest BCUT2D eigenvalue weighted by Gasteiger charge is 2.25. The van der Waals surface area contributed by atoms with Gasteiger partial charge in [-0.1, -0.05) is 0 Å². The highest BCUT2D eigenvalue weighted by Crippen LogP contribution is 2.39. The van der Waals surface area contributed by atoms with Gasteiger partial charge in [-0.2, -0.15) is 0 Å². The summed E-state index contributed by atoms with van der Waals surface area (Å²) in [6, 6.07) is 11.7. The average molecular weight is 505 g/mol. The molecule has 2 aromatic carbocycles. The van der Waals surface area contributed by atoms with Crippen LogP contribution in [0.3, 0.4) is 0 Å². The number of benzene rings is 2. The van der Waals surface area contributed by atoms with E-state index < -0.39 is 11.6 Å². The maximum absolute atomic E-state index is 15.0. The third-order valence-corrected chi connectivity index (χ3v) is 7.09. The van der Waals surface area contributed by atoms with Gasteiger partial charge >= 0.3 is 0 Å². The van der Waals surface area contributed by atoms with Crippen molar-refractivity contribution in [3.8, 4) is 17.0 Å². The zero-order valence-corrected chi connectivity index (χ0v) is 21.0. The first kappa shape index (κ1) is 23.7. The first-order valence-corrected chi connectivity index (χ1v) is 12.8. The summed E-state index contributed by atoms with van der Waals surface area (Å²) >= 11 is 0. The molecule has 0 unspecified atom stereocenters. The zero-order valence-electron chi connectivity index (χ0n) is 21.0. The van der Waals surface area contributed by atoms with Gasteiger partial charge in [-0.25, -0.2) is 18.7 Å². The summed E-state index contributed by atoms with van der Waals surface area (Å²) < 4.78 is 35.5. The van der Waals surface area contributed by atoms with Gasteiger partial charge in [0, 0.05) is 66.5 Å². The van der Waals surface area contributed by atoms with Crippen LogP contribution in [0.15, 0.2) is 42.6 Å². The quantitative estimate of drug-likeness (QED) is 0.417. The van der Waals surface area contributed by atoms with Crippen LogP contribution in [-0.4, -0.2) is 60.3 Å². The number of halogens is 2. The Morgan fingerprint density at radius 1 is 1.03 bits per heavy atom. The van der Waals surface area contributed by atoms with E-state index in [1.807, 2.05) is 13.8 Å². The normalized spacial score (nSPS) is 15.8. The van der Waals surface area contributed by atoms with Gasteiger partial charge in [0.15, 0.2) is 17.4 Å². The number of anilines is 2. The molecule has 0 bridgehead atoms. The van der Waals surface area contributed by atoms with E-state index in [2.05, 4.69) is 54.3 Å². The van der Waals surface area contributed by atoms with Gasteiger partial charge in [-0.15, -0.1) is 0 Å². The smallest absolute Gasteiger partial charge is 0.178 e. The minimum absolute atomic E-state index is 0.0816. The van der Waals surface area contributed by atoms with E-state index in [-0.39, 0.29) is 17.5 Å². The molecule has 0 aliphatic carbocycles. The minimum atomic E-state index is -0.590. The Bertz CT molecular complexity index is 1450. The number of H-pyrrole nitrogens is 1. The fourth-order valence-corrected chi connectivity index (χ4v) is 5.23. The number of nitrogens with one attached hydrogen (secondary N) is 2. The predicted molar refractivity (Wildman–Crippen MR) is 142 cm³/mol. The summed E-state index contributed by atoms with van der Waals surface area (Å²) in [6.45, 7) is 9.07. The molecule has 7 nitrogen and oxygen atoms in total. The standard InChI is InChI=1S/C28H30F2N6O/c1-17(2)36-9-10-37-28-22(29)13-19(14-25(28)36)27-23(30)16-32-26(34-27)15-20-11-18-12-21(3-4-24(18)33-20)35-7-5-31-6-8-35/h3-4,11-14,16-17,31,33H,5-10,15H2,1-2H3. The van der Waals surface area contributed by atoms with E-state index in [1.54, 1.807) is 6.07 Å². The van der Waals surface area contributed by atoms with E-state index in [0.29, 0.717) is 36.6 Å². The number of rotatable bonds is 5. The summed E-state index contributed by atoms with van der Waals surface area (Å²) in [5.41, 5.74) is 4.23. The first-order chi connectivity index (χ1) is 18.0. The van der Waals surface area contributed by atoms with Gasteiger partial charge < -0.3 is 24.8 Å². The van der Waals surface area contributed by atoms with Crippen molar-refractivity contribution in [2.24, 2.45) is 0 Å². The van der Waals surface area contributed by atoms with E-state index in [0.717, 1.165) is 49.0 Å². The van der Waals surface area contributed by atoms with Crippen molar-refractivity contribution in [3.63, 3.8) is 0 Å². The largest absolute Gasteiger partial charge is 0.486 e. The monoisotopic (exact) mass is 504 g/mol. The third kappa shape index (κ3) is 4.59. The molecule has 0 amide bonds. The fourth-order valence-electron chi connectivity index (χ4n) is 5.23. The molecule has 1 fully saturated rings. The van der Waals surface area contributed by atoms with Crippen LogP contribution in [0, 0.1) is 11.6 Å². The van der Waals surface area contributed by atoms with E-state index >= 15 is 0 Å². The lowest BCUT2D eigenvalue weighted by molar-refractivity contribution is 0.287. The molecule has 192 valence electrons. The van der Waals surface area contributed by atoms with Crippen LogP contribution in [0.5, 0.6) is 5.75 Å². The molecule has 0 radical (unpaired) electrons. The molecule has 1 saturated heterocycles. The molecule has 4 heterocycles. The molecule has 9 heteroatoms. The number of hydrogen-bond donors (Lipinski definition) is 2. The van der Waals surface area contributed by atoms with Crippen LogP contribution in [0.1, 0.15) is 25.4 Å². The maximum atomic E-state index is 15.0. The van der Waals surface area contributed by atoms with Crippen LogP contribution < -0.4 is 19.9 Å². The Labute approximate surface area is 214 Å². The second-order valence-corrected chi connectivity index (χ2v) is 9.90. The Kier molecular flexibility index (Phi) is 6.16. The summed E-state index contributed by atoms with van der Waals surface area (Å²) in [4.78, 5) is 16.6. The minimum Gasteiger partial charge on any atom is -0.486 e. The van der Waals surface area contributed by atoms with Crippen molar-refractivity contribution in [2.45, 2.75) is 26.3 Å². The Morgan fingerprint density at radius 2 is 1.86 bits per heavy atom. The summed E-state index contributed by atoms with van der Waals surface area (Å²) in [6.07, 6.45) is 1.57. The van der Waals surface area contributed by atoms with Gasteiger partial charge in [0.25, 0.3) is 0 Å². The van der Waals surface area contributed by atoms with Gasteiger partial charge in [0.1, 0.15) is 18.1 Å². The lowest BCUT2D eigenvalue weighted by Crippen LogP contribution is -2.43. The van der Waals surface area contributed by atoms with E-state index in [1.165, 1.54) is 11.8 Å². The maximum Gasteiger partial charge on any atom is 0.178 e. The summed E-state index contributed by atoms with van der Waals surface area (Å²) in [5, 5.41) is 4.49. The van der Waals surface area contributed by atoms with Crippen LogP contribution in [0.4, 0.5) is 20.2 Å². The lowest BCUT2D eigenvalue weighted by atomic mass is 10.1. The van der Waals surface area contributed by atoms with Crippen LogP contribution in [0.25, 0.3) is 22.2 Å². The molecule has 6 rings (SSSR count). The Balaban J connectivity index is 1.30. The second kappa shape index (κ2) is 9.63. The Morgan fingerprint density at radius 3 is 2.68 bits per heavy atom. The molecule has 4 aromatic rings. The molecule has 2 aliphatic heterocycles. The molecular formula is C28H30F2N6O. The molecule has 0 spiro atoms. The number of nitrogens with zero attached hydrogens (tertiary/aromatic N) is 4. The van der Waals surface area contributed by atoms with Gasteiger partial charge in [0.2, 0.25) is 0 Å². The van der Waals surface area contributed by atoms with Crippen LogP contribution in [0.2, 0.25) is 0 Å². The van der Waals surface area contributed by atoms with Crippen molar-refractivity contribution in [2.75, 3.05) is 49.1 Å². The molecule has 2 N–H and O–H groups in total. The molecule has 37 heavy (non-hydrogen) atoms. The lowest BCUT2D eigenvalue weighted by Gasteiger charge is -2.34. The average Bonchev–Trinajstić information content (AvgIpc) is 3.31. The number of ether oxygens (including phenoxy) is 1. The number of fused-ring (bicyclic) bond motifs is 2. The van der Waals surface area contributed by atoms with Crippen molar-refractivity contribution in [1.82, 2.24) is 20.3 Å². The Hall–Kier alpha value is -3.72. The van der Waals surface area contributed by atoms with Gasteiger partial charge in [0.05, 0.1) is 18.4 Å². The van der Waals surface area contributed by atoms with Gasteiger partial charge in [-0.3, -0.25) is 0 Å². The first-order valence-electron chi connectivity index (χ1n) is 12.8. The van der Waals surface area contributed by atoms with Crippen molar-refractivity contribution >= 4 is 22.3 Å². The number of aromatic nitrogens is 3. The summed E-state index contributed by atoms with van der Waals surface area (Å²) in [5.74, 6) is -0.446. The topological polar surface area (TPSA) is 69.3 Å². The molecule has 2 aromatic heterocycles. The fraction of sp³-hybridized carbons (Fsp3) is 0.357. The summed E-state index contributed by atoms with van der Waals surface area (Å²) in [7, 11) is 0. The van der Waals surface area contributed by atoms with Crippen LogP contribution >= 0.6 is 0 Å². The highest BCUT2D eigenvalue weighted by molar-refractivity contribution is 5.84. The van der Waals surface area contributed by atoms with Crippen molar-refractivity contribution in [1.29, 1.82) is 0 Å². The number of piperazine rings is 1. The van der Waals surface area contributed by atoms with Gasteiger partial charge in [-0.05, 0) is 50.2 Å². The van der Waals surface area contributed by atoms with Crippen LogP contribution in [-0.2, 0) is 6.42 Å². The third-order valence-electron chi connectivity index (χ3n) is 7.09. The number of aromatic amines is 1. The highest BCUT2D eigenvalue weighted by atomic mass is 19.1. The van der Waals surface area contributed by atoms with E-state index in [4.69, 9.17) is 4.74 Å². The number of hydrogen-bond acceptors (Lipinski definition) is 6. The van der Waals surface area contributed by atoms with Crippen molar-refractivity contribution in [3.05, 3.63) is 65.7 Å². The second-order valence-electron chi connectivity index (χ2n) is 9.90. The van der Waals surface area contributed by atoms with Crippen molar-refractivity contribution < 1.29 is 13.5 Å². The molecular weight excluding hydrogens is 474 g/mol. The molecule has 0 saturated carbocycles. The molecule has 0 atom stereocenters. The zero-order chi connectivity index (χ0) is 25.5. The SMILES string of the molecule is CC(C)N1CCOc2c(F)cc(-c3nc(Cc4cc5cc(N6CCNCC6)ccc5[nH]4)ncc3F)cc21.